The molecule has 1 aliphatic rings. The number of ether oxygens (including phenoxy) is 1. The molecule has 1 unspecified atom stereocenters. The van der Waals surface area contributed by atoms with Crippen LogP contribution in [0.5, 0.6) is 0 Å². The van der Waals surface area contributed by atoms with E-state index in [1.54, 1.807) is 34.0 Å². The van der Waals surface area contributed by atoms with Gasteiger partial charge in [-0.3, -0.25) is 9.59 Å². The zero-order valence-electron chi connectivity index (χ0n) is 14.8. The highest BCUT2D eigenvalue weighted by Crippen LogP contribution is 2.20. The molecule has 8 heteroatoms. The molecule has 2 aromatic rings. The maximum atomic E-state index is 12.5. The summed E-state index contributed by atoms with van der Waals surface area (Å²) in [5, 5.41) is 8.06. The van der Waals surface area contributed by atoms with E-state index in [4.69, 9.17) is 4.74 Å². The SMILES string of the molecule is CC1CN(C(=O)Cn2cc(Cn3ccccc3=O)nn2)CC(C)(C)O1. The Bertz CT molecular complexity index is 810. The van der Waals surface area contributed by atoms with Crippen molar-refractivity contribution in [3.8, 4) is 0 Å². The second-order valence-electron chi connectivity index (χ2n) is 7.04. The Hall–Kier alpha value is -2.48. The fourth-order valence-electron chi connectivity index (χ4n) is 3.14. The van der Waals surface area contributed by atoms with Crippen molar-refractivity contribution in [1.82, 2.24) is 24.5 Å². The number of carbonyl (C=O) groups is 1. The molecule has 1 atom stereocenters. The molecule has 1 saturated heterocycles. The maximum Gasteiger partial charge on any atom is 0.250 e. The van der Waals surface area contributed by atoms with Gasteiger partial charge in [0.2, 0.25) is 5.91 Å². The first kappa shape index (κ1) is 17.3. The molecular formula is C17H23N5O3. The van der Waals surface area contributed by atoms with Gasteiger partial charge in [-0.2, -0.15) is 0 Å². The van der Waals surface area contributed by atoms with Crippen molar-refractivity contribution < 1.29 is 9.53 Å². The summed E-state index contributed by atoms with van der Waals surface area (Å²) >= 11 is 0. The van der Waals surface area contributed by atoms with Crippen molar-refractivity contribution in [2.24, 2.45) is 0 Å². The smallest absolute Gasteiger partial charge is 0.250 e. The molecule has 3 heterocycles. The molecule has 134 valence electrons. The van der Waals surface area contributed by atoms with Crippen LogP contribution in [-0.2, 0) is 22.6 Å². The Morgan fingerprint density at radius 2 is 2.20 bits per heavy atom. The number of aromatic nitrogens is 4. The molecule has 1 fully saturated rings. The molecular weight excluding hydrogens is 322 g/mol. The monoisotopic (exact) mass is 345 g/mol. The lowest BCUT2D eigenvalue weighted by molar-refractivity contribution is -0.158. The van der Waals surface area contributed by atoms with Crippen molar-refractivity contribution in [2.45, 2.75) is 45.6 Å². The third kappa shape index (κ3) is 4.33. The average Bonchev–Trinajstić information content (AvgIpc) is 2.94. The van der Waals surface area contributed by atoms with E-state index in [2.05, 4.69) is 10.3 Å². The minimum Gasteiger partial charge on any atom is -0.369 e. The lowest BCUT2D eigenvalue weighted by Gasteiger charge is -2.41. The van der Waals surface area contributed by atoms with Gasteiger partial charge in [0.25, 0.3) is 5.56 Å². The summed E-state index contributed by atoms with van der Waals surface area (Å²) < 4.78 is 8.88. The number of morpholine rings is 1. The second kappa shape index (κ2) is 6.79. The molecule has 25 heavy (non-hydrogen) atoms. The molecule has 0 radical (unpaired) electrons. The third-order valence-electron chi connectivity index (χ3n) is 4.04. The van der Waals surface area contributed by atoms with Crippen LogP contribution >= 0.6 is 0 Å². The summed E-state index contributed by atoms with van der Waals surface area (Å²) in [4.78, 5) is 26.1. The fraction of sp³-hybridized carbons (Fsp3) is 0.529. The van der Waals surface area contributed by atoms with Gasteiger partial charge < -0.3 is 14.2 Å². The quantitative estimate of drug-likeness (QED) is 0.807. The summed E-state index contributed by atoms with van der Waals surface area (Å²) in [6.07, 6.45) is 3.40. The maximum absolute atomic E-state index is 12.5. The molecule has 2 aromatic heterocycles. The molecule has 1 amide bonds. The average molecular weight is 345 g/mol. The van der Waals surface area contributed by atoms with Crippen molar-refractivity contribution in [3.63, 3.8) is 0 Å². The van der Waals surface area contributed by atoms with Crippen molar-refractivity contribution in [3.05, 3.63) is 46.6 Å². The fourth-order valence-corrected chi connectivity index (χ4v) is 3.14. The van der Waals surface area contributed by atoms with Gasteiger partial charge in [0, 0.05) is 25.4 Å². The van der Waals surface area contributed by atoms with Crippen LogP contribution in [0.2, 0.25) is 0 Å². The predicted octanol–water partition coefficient (Wildman–Crippen LogP) is 0.514. The molecule has 0 aromatic carbocycles. The van der Waals surface area contributed by atoms with Gasteiger partial charge in [0.05, 0.1) is 24.4 Å². The predicted molar refractivity (Wildman–Crippen MR) is 91.0 cm³/mol. The molecule has 8 nitrogen and oxygen atoms in total. The van der Waals surface area contributed by atoms with Gasteiger partial charge in [-0.15, -0.1) is 5.10 Å². The lowest BCUT2D eigenvalue weighted by Crippen LogP contribution is -2.54. The van der Waals surface area contributed by atoms with Crippen LogP contribution in [0.1, 0.15) is 26.5 Å². The van der Waals surface area contributed by atoms with Crippen LogP contribution < -0.4 is 5.56 Å². The molecule has 0 bridgehead atoms. The molecule has 1 aliphatic heterocycles. The number of carbonyl (C=O) groups excluding carboxylic acids is 1. The largest absolute Gasteiger partial charge is 0.369 e. The summed E-state index contributed by atoms with van der Waals surface area (Å²) in [7, 11) is 0. The van der Waals surface area contributed by atoms with Gasteiger partial charge in [0.1, 0.15) is 12.2 Å². The summed E-state index contributed by atoms with van der Waals surface area (Å²) in [5.74, 6) is -0.0171. The van der Waals surface area contributed by atoms with Crippen molar-refractivity contribution >= 4 is 5.91 Å². The Kier molecular flexibility index (Phi) is 4.71. The summed E-state index contributed by atoms with van der Waals surface area (Å²) in [5.41, 5.74) is 0.185. The minimum atomic E-state index is -0.352. The lowest BCUT2D eigenvalue weighted by atomic mass is 10.1. The van der Waals surface area contributed by atoms with E-state index >= 15 is 0 Å². The molecule has 0 saturated carbocycles. The summed E-state index contributed by atoms with van der Waals surface area (Å²) in [6, 6.07) is 4.98. The highest BCUT2D eigenvalue weighted by Gasteiger charge is 2.33. The highest BCUT2D eigenvalue weighted by atomic mass is 16.5. The number of hydrogen-bond acceptors (Lipinski definition) is 5. The van der Waals surface area contributed by atoms with Gasteiger partial charge >= 0.3 is 0 Å². The normalized spacial score (nSPS) is 19.8. The van der Waals surface area contributed by atoms with Gasteiger partial charge in [-0.05, 0) is 26.8 Å². The topological polar surface area (TPSA) is 82.3 Å². The third-order valence-corrected chi connectivity index (χ3v) is 4.04. The number of rotatable bonds is 4. The van der Waals surface area contributed by atoms with E-state index in [0.717, 1.165) is 0 Å². The Morgan fingerprint density at radius 3 is 2.92 bits per heavy atom. The van der Waals surface area contributed by atoms with Crippen LogP contribution in [-0.4, -0.2) is 55.2 Å². The first-order valence-electron chi connectivity index (χ1n) is 8.32. The Labute approximate surface area is 146 Å². The molecule has 0 aliphatic carbocycles. The van der Waals surface area contributed by atoms with Crippen LogP contribution in [0.3, 0.4) is 0 Å². The number of nitrogens with zero attached hydrogens (tertiary/aromatic N) is 5. The van der Waals surface area contributed by atoms with E-state index in [1.165, 1.54) is 10.7 Å². The van der Waals surface area contributed by atoms with E-state index in [-0.39, 0.29) is 29.7 Å². The molecule has 0 N–H and O–H groups in total. The number of pyridine rings is 1. The van der Waals surface area contributed by atoms with E-state index in [0.29, 0.717) is 25.3 Å². The van der Waals surface area contributed by atoms with Crippen LogP contribution in [0, 0.1) is 0 Å². The van der Waals surface area contributed by atoms with E-state index in [1.807, 2.05) is 20.8 Å². The van der Waals surface area contributed by atoms with E-state index in [9.17, 15) is 9.59 Å². The standard InChI is InChI=1S/C17H23N5O3/c1-13-8-21(12-17(2,3)25-13)16(24)11-22-10-14(18-19-22)9-20-7-5-4-6-15(20)23/h4-7,10,13H,8-9,11-12H2,1-3H3. The number of amides is 1. The minimum absolute atomic E-state index is 0.00367. The van der Waals surface area contributed by atoms with E-state index < -0.39 is 0 Å². The highest BCUT2D eigenvalue weighted by molar-refractivity contribution is 5.76. The molecule has 3 rings (SSSR count). The second-order valence-corrected chi connectivity index (χ2v) is 7.04. The first-order chi connectivity index (χ1) is 11.8. The van der Waals surface area contributed by atoms with Gasteiger partial charge in [-0.25, -0.2) is 4.68 Å². The first-order valence-corrected chi connectivity index (χ1v) is 8.32. The Balaban J connectivity index is 1.64. The van der Waals surface area contributed by atoms with Crippen LogP contribution in [0.15, 0.2) is 35.4 Å². The van der Waals surface area contributed by atoms with Gasteiger partial charge in [-0.1, -0.05) is 11.3 Å². The molecule has 0 spiro atoms. The summed E-state index contributed by atoms with van der Waals surface area (Å²) in [6.45, 7) is 7.50. The van der Waals surface area contributed by atoms with Crippen LogP contribution in [0.4, 0.5) is 0 Å². The Morgan fingerprint density at radius 1 is 1.40 bits per heavy atom. The number of hydrogen-bond donors (Lipinski definition) is 0. The van der Waals surface area contributed by atoms with Gasteiger partial charge in [0.15, 0.2) is 0 Å². The van der Waals surface area contributed by atoms with Crippen molar-refractivity contribution in [2.75, 3.05) is 13.1 Å². The zero-order chi connectivity index (χ0) is 18.0. The van der Waals surface area contributed by atoms with Crippen molar-refractivity contribution in [1.29, 1.82) is 0 Å². The zero-order valence-corrected chi connectivity index (χ0v) is 14.8. The van der Waals surface area contributed by atoms with Crippen LogP contribution in [0.25, 0.3) is 0 Å².